The minimum absolute atomic E-state index is 0.140. The topological polar surface area (TPSA) is 106 Å². The summed E-state index contributed by atoms with van der Waals surface area (Å²) in [6.07, 6.45) is 5.33. The van der Waals surface area contributed by atoms with Gasteiger partial charge in [0.1, 0.15) is 11.8 Å². The number of nitrogen functional groups attached to an aromatic ring is 1. The van der Waals surface area contributed by atoms with Crippen LogP contribution in [0.2, 0.25) is 0 Å². The summed E-state index contributed by atoms with van der Waals surface area (Å²) in [5.41, 5.74) is 13.7. The van der Waals surface area contributed by atoms with Crippen LogP contribution in [0.15, 0.2) is 97.5 Å². The zero-order valence-corrected chi connectivity index (χ0v) is 23.9. The van der Waals surface area contributed by atoms with Crippen LogP contribution in [-0.2, 0) is 17.9 Å². The monoisotopic (exact) mass is 570 g/mol. The van der Waals surface area contributed by atoms with Gasteiger partial charge in [0.15, 0.2) is 5.82 Å². The Morgan fingerprint density at radius 2 is 1.67 bits per heavy atom. The molecule has 6 aromatic rings. The van der Waals surface area contributed by atoms with E-state index in [4.69, 9.17) is 10.8 Å². The third kappa shape index (κ3) is 5.59. The average molecular weight is 571 g/mol. The zero-order valence-electron chi connectivity index (χ0n) is 23.9. The number of nitrogens with zero attached hydrogens (tertiary/aromatic N) is 6. The van der Waals surface area contributed by atoms with E-state index < -0.39 is 0 Å². The first kappa shape index (κ1) is 26.9. The quantitative estimate of drug-likeness (QED) is 0.270. The van der Waals surface area contributed by atoms with Crippen LogP contribution >= 0.6 is 0 Å². The number of piperidine rings is 1. The number of hydrogen-bond donors (Lipinski definition) is 2. The predicted octanol–water partition coefficient (Wildman–Crippen LogP) is 4.87. The number of carbonyl (C=O) groups excluding carboxylic acids is 1. The zero-order chi connectivity index (χ0) is 29.2. The third-order valence-corrected chi connectivity index (χ3v) is 8.38. The van der Waals surface area contributed by atoms with E-state index in [2.05, 4.69) is 70.1 Å². The molecule has 1 saturated heterocycles. The summed E-state index contributed by atoms with van der Waals surface area (Å²) >= 11 is 0. The van der Waals surface area contributed by atoms with E-state index in [0.717, 1.165) is 52.6 Å². The van der Waals surface area contributed by atoms with E-state index in [9.17, 15) is 4.79 Å². The second-order valence-corrected chi connectivity index (χ2v) is 11.2. The fraction of sp³-hybridized carbons (Fsp3) is 0.235. The fourth-order valence-corrected chi connectivity index (χ4v) is 6.14. The second kappa shape index (κ2) is 11.7. The number of nitrogens with two attached hydrogens (primary N) is 1. The number of benzene rings is 3. The van der Waals surface area contributed by atoms with E-state index in [1.54, 1.807) is 0 Å². The maximum atomic E-state index is 12.9. The second-order valence-electron chi connectivity index (χ2n) is 11.2. The lowest BCUT2D eigenvalue weighted by Gasteiger charge is -2.32. The molecule has 0 atom stereocenters. The van der Waals surface area contributed by atoms with E-state index in [1.165, 1.54) is 17.5 Å². The first-order valence-electron chi connectivity index (χ1n) is 14.8. The number of rotatable bonds is 8. The molecule has 3 aromatic heterocycles. The molecule has 3 aromatic carbocycles. The van der Waals surface area contributed by atoms with Crippen molar-refractivity contribution in [2.24, 2.45) is 0 Å². The molecule has 1 aliphatic heterocycles. The van der Waals surface area contributed by atoms with Crippen LogP contribution in [0.4, 0.5) is 5.82 Å². The van der Waals surface area contributed by atoms with Gasteiger partial charge in [0.25, 0.3) is 0 Å². The summed E-state index contributed by atoms with van der Waals surface area (Å²) in [6.45, 7) is 3.16. The van der Waals surface area contributed by atoms with Gasteiger partial charge in [-0.3, -0.25) is 9.48 Å². The number of fused-ring (bicyclic) bond motifs is 2. The number of likely N-dealkylation sites (tertiary alicyclic amines) is 1. The van der Waals surface area contributed by atoms with Crippen LogP contribution in [0, 0.1) is 0 Å². The van der Waals surface area contributed by atoms with Gasteiger partial charge >= 0.3 is 0 Å². The lowest BCUT2D eigenvalue weighted by atomic mass is 9.93. The highest BCUT2D eigenvalue weighted by molar-refractivity contribution is 5.92. The van der Waals surface area contributed by atoms with Crippen LogP contribution in [0.5, 0.6) is 0 Å². The molecular formula is C34H34N8O. The maximum absolute atomic E-state index is 12.9. The van der Waals surface area contributed by atoms with Gasteiger partial charge in [-0.05, 0) is 41.7 Å². The highest BCUT2D eigenvalue weighted by Gasteiger charge is 2.27. The SMILES string of the molecule is Nc1ncnn2c(C3CCN(C(=O)CNCc4ccccc4)CC3)cc(-c3ccc4cn(Cc5ccccc5)nc4c3)c12. The molecule has 1 aliphatic rings. The molecule has 0 unspecified atom stereocenters. The van der Waals surface area contributed by atoms with Crippen LogP contribution in [0.1, 0.15) is 35.6 Å². The minimum atomic E-state index is 0.140. The Balaban J connectivity index is 1.09. The molecule has 43 heavy (non-hydrogen) atoms. The molecule has 1 fully saturated rings. The van der Waals surface area contributed by atoms with Crippen molar-refractivity contribution in [3.8, 4) is 11.1 Å². The smallest absolute Gasteiger partial charge is 0.236 e. The summed E-state index contributed by atoms with van der Waals surface area (Å²) in [5, 5.41) is 13.8. The molecule has 9 heteroatoms. The number of carbonyl (C=O) groups is 1. The molecule has 0 radical (unpaired) electrons. The Morgan fingerprint density at radius 3 is 2.44 bits per heavy atom. The van der Waals surface area contributed by atoms with Gasteiger partial charge in [-0.25, -0.2) is 9.50 Å². The largest absolute Gasteiger partial charge is 0.382 e. The van der Waals surface area contributed by atoms with Crippen LogP contribution < -0.4 is 11.1 Å². The molecule has 216 valence electrons. The van der Waals surface area contributed by atoms with Crippen molar-refractivity contribution in [3.63, 3.8) is 0 Å². The van der Waals surface area contributed by atoms with Crippen molar-refractivity contribution in [3.05, 3.63) is 114 Å². The summed E-state index contributed by atoms with van der Waals surface area (Å²) in [4.78, 5) is 19.2. The molecule has 3 N–H and O–H groups in total. The van der Waals surface area contributed by atoms with Crippen molar-refractivity contribution in [2.45, 2.75) is 31.8 Å². The van der Waals surface area contributed by atoms with Crippen molar-refractivity contribution in [1.82, 2.24) is 34.6 Å². The van der Waals surface area contributed by atoms with Crippen molar-refractivity contribution in [2.75, 3.05) is 25.4 Å². The molecule has 0 saturated carbocycles. The normalized spacial score (nSPS) is 14.1. The van der Waals surface area contributed by atoms with Crippen molar-refractivity contribution >= 4 is 28.1 Å². The summed E-state index contributed by atoms with van der Waals surface area (Å²) in [7, 11) is 0. The Kier molecular flexibility index (Phi) is 7.30. The van der Waals surface area contributed by atoms with Gasteiger partial charge in [-0.1, -0.05) is 72.8 Å². The molecule has 4 heterocycles. The standard InChI is InChI=1S/C34H34N8O/c35-34-33-29(27-11-12-28-22-41(39-30(28)17-27)21-25-9-5-2-6-10-25)18-31(42(33)38-23-37-34)26-13-15-40(16-14-26)32(43)20-36-19-24-7-3-1-4-8-24/h1-12,17-18,22-23,26,36H,13-16,19-21H2,(H2,35,37,38). The molecule has 0 spiro atoms. The van der Waals surface area contributed by atoms with Gasteiger partial charge < -0.3 is 16.0 Å². The Hall–Kier alpha value is -5.02. The Labute approximate surface area is 250 Å². The van der Waals surface area contributed by atoms with E-state index >= 15 is 0 Å². The number of anilines is 1. The van der Waals surface area contributed by atoms with Crippen molar-refractivity contribution < 1.29 is 4.79 Å². The minimum Gasteiger partial charge on any atom is -0.382 e. The fourth-order valence-electron chi connectivity index (χ4n) is 6.14. The first-order valence-corrected chi connectivity index (χ1v) is 14.8. The van der Waals surface area contributed by atoms with E-state index in [-0.39, 0.29) is 11.8 Å². The summed E-state index contributed by atoms with van der Waals surface area (Å²) < 4.78 is 3.93. The third-order valence-electron chi connectivity index (χ3n) is 8.38. The summed E-state index contributed by atoms with van der Waals surface area (Å²) in [6, 6.07) is 29.0. The highest BCUT2D eigenvalue weighted by atomic mass is 16.2. The number of nitrogens with one attached hydrogen (secondary N) is 1. The molecule has 9 nitrogen and oxygen atoms in total. The molecule has 0 aliphatic carbocycles. The first-order chi connectivity index (χ1) is 21.1. The van der Waals surface area contributed by atoms with E-state index in [1.807, 2.05) is 50.5 Å². The van der Waals surface area contributed by atoms with Gasteiger partial charge in [0.2, 0.25) is 5.91 Å². The van der Waals surface area contributed by atoms with Crippen LogP contribution in [0.3, 0.4) is 0 Å². The average Bonchev–Trinajstić information content (AvgIpc) is 3.63. The number of amides is 1. The molecule has 7 rings (SSSR count). The predicted molar refractivity (Wildman–Crippen MR) is 168 cm³/mol. The number of aromatic nitrogens is 5. The van der Waals surface area contributed by atoms with Gasteiger partial charge in [-0.15, -0.1) is 0 Å². The highest BCUT2D eigenvalue weighted by Crippen LogP contribution is 2.37. The lowest BCUT2D eigenvalue weighted by Crippen LogP contribution is -2.42. The Bertz CT molecular complexity index is 1870. The molecule has 1 amide bonds. The van der Waals surface area contributed by atoms with Crippen LogP contribution in [-0.4, -0.2) is 54.8 Å². The van der Waals surface area contributed by atoms with E-state index in [0.29, 0.717) is 32.0 Å². The van der Waals surface area contributed by atoms with Gasteiger partial charge in [-0.2, -0.15) is 10.2 Å². The molecular weight excluding hydrogens is 536 g/mol. The van der Waals surface area contributed by atoms with Gasteiger partial charge in [0.05, 0.1) is 18.6 Å². The van der Waals surface area contributed by atoms with Gasteiger partial charge in [0, 0.05) is 48.4 Å². The molecule has 0 bridgehead atoms. The number of hydrogen-bond acceptors (Lipinski definition) is 6. The maximum Gasteiger partial charge on any atom is 0.236 e. The lowest BCUT2D eigenvalue weighted by molar-refractivity contribution is -0.131. The summed E-state index contributed by atoms with van der Waals surface area (Å²) in [5.74, 6) is 0.843. The van der Waals surface area contributed by atoms with Crippen molar-refractivity contribution in [1.29, 1.82) is 0 Å². The van der Waals surface area contributed by atoms with Crippen LogP contribution in [0.25, 0.3) is 27.5 Å². The Morgan fingerprint density at radius 1 is 0.930 bits per heavy atom.